The lowest BCUT2D eigenvalue weighted by Gasteiger charge is -2.21. The molecule has 274 valence electrons. The monoisotopic (exact) mass is 751 g/mol. The molecule has 0 fully saturated rings. The summed E-state index contributed by atoms with van der Waals surface area (Å²) in [4.78, 5) is 14.2. The number of nitriles is 1. The highest BCUT2D eigenvalue weighted by atomic mass is 15.0. The van der Waals surface area contributed by atoms with Crippen molar-refractivity contribution < 1.29 is 0 Å². The Kier molecular flexibility index (Phi) is 8.88. The lowest BCUT2D eigenvalue weighted by Crippen LogP contribution is -2.03. The number of para-hydroxylation sites is 1. The maximum Gasteiger partial charge on any atom is 0.187 e. The fraction of sp³-hybridized carbons (Fsp3) is 0. The summed E-state index contributed by atoms with van der Waals surface area (Å²) in [5, 5.41) is 12.1. The van der Waals surface area contributed by atoms with Crippen molar-refractivity contribution in [3.05, 3.63) is 217 Å². The van der Waals surface area contributed by atoms with E-state index in [0.29, 0.717) is 17.1 Å². The number of aromatic nitrogens is 3. The fourth-order valence-corrected chi connectivity index (χ4v) is 8.00. The Morgan fingerprint density at radius 3 is 1.53 bits per heavy atom. The van der Waals surface area contributed by atoms with E-state index in [1.165, 1.54) is 0 Å². The number of hydrogen-bond acceptors (Lipinski definition) is 3. The van der Waals surface area contributed by atoms with Gasteiger partial charge in [-0.05, 0) is 70.8 Å². The predicted octanol–water partition coefficient (Wildman–Crippen LogP) is 14.0. The highest BCUT2D eigenvalue weighted by molar-refractivity contribution is 6.12. The van der Waals surface area contributed by atoms with Gasteiger partial charge < -0.3 is 4.57 Å². The first-order valence-electron chi connectivity index (χ1n) is 19.4. The molecule has 10 aromatic rings. The van der Waals surface area contributed by atoms with Crippen LogP contribution in [0.2, 0.25) is 0 Å². The normalized spacial score (nSPS) is 11.0. The lowest BCUT2D eigenvalue weighted by atomic mass is 9.92. The summed E-state index contributed by atoms with van der Waals surface area (Å²) in [6.45, 7) is 7.72. The Hall–Kier alpha value is -8.38. The second-order valence-electron chi connectivity index (χ2n) is 14.4. The van der Waals surface area contributed by atoms with Crippen molar-refractivity contribution in [1.82, 2.24) is 14.5 Å². The minimum Gasteiger partial charge on any atom is -0.308 e. The van der Waals surface area contributed by atoms with Gasteiger partial charge in [0, 0.05) is 38.6 Å². The molecule has 5 heteroatoms. The number of fused-ring (bicyclic) bond motifs is 3. The van der Waals surface area contributed by atoms with Crippen molar-refractivity contribution in [3.8, 4) is 79.0 Å². The second-order valence-corrected chi connectivity index (χ2v) is 14.4. The van der Waals surface area contributed by atoms with Crippen LogP contribution in [-0.4, -0.2) is 14.5 Å². The molecule has 0 radical (unpaired) electrons. The second kappa shape index (κ2) is 14.9. The predicted molar refractivity (Wildman–Crippen MR) is 240 cm³/mol. The molecular formula is C54H33N5. The zero-order valence-corrected chi connectivity index (χ0v) is 31.8. The third-order valence-electron chi connectivity index (χ3n) is 10.9. The van der Waals surface area contributed by atoms with Crippen molar-refractivity contribution >= 4 is 27.5 Å². The molecule has 0 saturated heterocycles. The van der Waals surface area contributed by atoms with Gasteiger partial charge in [-0.25, -0.2) is 14.8 Å². The van der Waals surface area contributed by atoms with Crippen LogP contribution in [0.3, 0.4) is 0 Å². The summed E-state index contributed by atoms with van der Waals surface area (Å²) < 4.78 is 2.37. The molecule has 59 heavy (non-hydrogen) atoms. The number of nitrogens with zero attached hydrogens (tertiary/aromatic N) is 5. The van der Waals surface area contributed by atoms with Gasteiger partial charge in [-0.3, -0.25) is 0 Å². The molecule has 0 amide bonds. The molecule has 8 aromatic carbocycles. The van der Waals surface area contributed by atoms with E-state index in [0.717, 1.165) is 89.0 Å². The number of benzene rings is 8. The molecule has 0 bridgehead atoms. The highest BCUT2D eigenvalue weighted by Gasteiger charge is 2.23. The molecule has 0 spiro atoms. The van der Waals surface area contributed by atoms with Crippen LogP contribution in [-0.2, 0) is 0 Å². The Balaban J connectivity index is 1.32. The molecule has 2 aromatic heterocycles. The van der Waals surface area contributed by atoms with Gasteiger partial charge in [0.2, 0.25) is 0 Å². The summed E-state index contributed by atoms with van der Waals surface area (Å²) in [5.41, 5.74) is 14.8. The maximum atomic E-state index is 9.82. The highest BCUT2D eigenvalue weighted by Crippen LogP contribution is 2.45. The molecule has 0 unspecified atom stereocenters. The summed E-state index contributed by atoms with van der Waals surface area (Å²) in [5.74, 6) is 0.584. The molecule has 0 N–H and O–H groups in total. The SMILES string of the molecule is [C-]#[N+]c1ccc(-c2cc(-c3nc(-c4ccccc4)cc(-c4ccccc4)n3)cc(-c3ccc(C#N)cc3)c2-n2c3ccccc3c3cc(-c4ccccc4)ccc32)cc1. The Labute approximate surface area is 342 Å². The minimum atomic E-state index is 0.565. The van der Waals surface area contributed by atoms with Crippen LogP contribution >= 0.6 is 0 Å². The van der Waals surface area contributed by atoms with Crippen molar-refractivity contribution in [2.24, 2.45) is 0 Å². The third-order valence-corrected chi connectivity index (χ3v) is 10.9. The summed E-state index contributed by atoms with van der Waals surface area (Å²) in [6.07, 6.45) is 0. The van der Waals surface area contributed by atoms with Crippen LogP contribution < -0.4 is 0 Å². The Morgan fingerprint density at radius 1 is 0.441 bits per heavy atom. The van der Waals surface area contributed by atoms with E-state index in [9.17, 15) is 5.26 Å². The third kappa shape index (κ3) is 6.50. The van der Waals surface area contributed by atoms with E-state index in [-0.39, 0.29) is 0 Å². The fourth-order valence-electron chi connectivity index (χ4n) is 8.00. The molecule has 0 atom stereocenters. The van der Waals surface area contributed by atoms with Gasteiger partial charge in [0.15, 0.2) is 11.5 Å². The van der Waals surface area contributed by atoms with Crippen LogP contribution in [0.1, 0.15) is 5.56 Å². The molecule has 0 saturated carbocycles. The van der Waals surface area contributed by atoms with Crippen molar-refractivity contribution in [1.29, 1.82) is 5.26 Å². The summed E-state index contributed by atoms with van der Waals surface area (Å²) in [7, 11) is 0. The topological polar surface area (TPSA) is 58.9 Å². The smallest absolute Gasteiger partial charge is 0.187 e. The van der Waals surface area contributed by atoms with Crippen molar-refractivity contribution in [3.63, 3.8) is 0 Å². The average molecular weight is 752 g/mol. The summed E-state index contributed by atoms with van der Waals surface area (Å²) in [6, 6.07) is 70.4. The summed E-state index contributed by atoms with van der Waals surface area (Å²) >= 11 is 0. The molecule has 10 rings (SSSR count). The van der Waals surface area contributed by atoms with E-state index < -0.39 is 0 Å². The zero-order valence-electron chi connectivity index (χ0n) is 31.8. The van der Waals surface area contributed by atoms with Gasteiger partial charge in [-0.2, -0.15) is 5.26 Å². The van der Waals surface area contributed by atoms with Gasteiger partial charge in [-0.15, -0.1) is 0 Å². The van der Waals surface area contributed by atoms with Crippen LogP contribution in [0, 0.1) is 17.9 Å². The van der Waals surface area contributed by atoms with Crippen molar-refractivity contribution in [2.45, 2.75) is 0 Å². The quantitative estimate of drug-likeness (QED) is 0.152. The maximum absolute atomic E-state index is 9.82. The first kappa shape index (κ1) is 35.1. The first-order chi connectivity index (χ1) is 29.1. The molecule has 5 nitrogen and oxygen atoms in total. The first-order valence-corrected chi connectivity index (χ1v) is 19.4. The van der Waals surface area contributed by atoms with Gasteiger partial charge in [0.25, 0.3) is 0 Å². The van der Waals surface area contributed by atoms with Crippen LogP contribution in [0.15, 0.2) is 200 Å². The molecule has 0 aliphatic rings. The largest absolute Gasteiger partial charge is 0.308 e. The van der Waals surface area contributed by atoms with Gasteiger partial charge in [0.05, 0.1) is 46.3 Å². The Bertz CT molecular complexity index is 3110. The van der Waals surface area contributed by atoms with Gasteiger partial charge in [0.1, 0.15) is 0 Å². The van der Waals surface area contributed by atoms with E-state index in [4.69, 9.17) is 16.5 Å². The van der Waals surface area contributed by atoms with Gasteiger partial charge >= 0.3 is 0 Å². The van der Waals surface area contributed by atoms with Crippen LogP contribution in [0.25, 0.3) is 99.6 Å². The van der Waals surface area contributed by atoms with Crippen molar-refractivity contribution in [2.75, 3.05) is 0 Å². The minimum absolute atomic E-state index is 0.565. The standard InChI is InChI=1S/C54H33N5/c1-56-44-28-25-39(26-29-44)47-33-43(54-57-49(40-15-7-3-8-16-40)34-50(58-54)41-17-9-4-10-18-41)32-46(38-23-21-36(35-55)22-24-38)53(47)59-51-20-12-11-19-45(51)48-31-42(27-30-52(48)59)37-13-5-2-6-14-37/h2-34H. The molecular weight excluding hydrogens is 719 g/mol. The van der Waals surface area contributed by atoms with Crippen LogP contribution in [0.5, 0.6) is 0 Å². The average Bonchev–Trinajstić information content (AvgIpc) is 3.65. The molecule has 2 heterocycles. The molecule has 0 aliphatic heterocycles. The zero-order chi connectivity index (χ0) is 39.7. The van der Waals surface area contributed by atoms with E-state index in [2.05, 4.69) is 125 Å². The molecule has 0 aliphatic carbocycles. The lowest BCUT2D eigenvalue weighted by molar-refractivity contribution is 1.17. The van der Waals surface area contributed by atoms with Crippen LogP contribution in [0.4, 0.5) is 5.69 Å². The van der Waals surface area contributed by atoms with E-state index >= 15 is 0 Å². The number of rotatable bonds is 7. The Morgan fingerprint density at radius 2 is 0.949 bits per heavy atom. The number of hydrogen-bond donors (Lipinski definition) is 0. The van der Waals surface area contributed by atoms with Gasteiger partial charge in [-0.1, -0.05) is 152 Å². The van der Waals surface area contributed by atoms with E-state index in [1.54, 1.807) is 0 Å². The van der Waals surface area contributed by atoms with E-state index in [1.807, 2.05) is 91.0 Å².